The van der Waals surface area contributed by atoms with Gasteiger partial charge in [-0.25, -0.2) is 4.79 Å². The summed E-state index contributed by atoms with van der Waals surface area (Å²) < 4.78 is 10.2. The van der Waals surface area contributed by atoms with Crippen LogP contribution in [0.15, 0.2) is 54.6 Å². The fourth-order valence-corrected chi connectivity index (χ4v) is 4.15. The van der Waals surface area contributed by atoms with Crippen LogP contribution in [-0.4, -0.2) is 37.4 Å². The summed E-state index contributed by atoms with van der Waals surface area (Å²) in [4.78, 5) is 51.1. The number of carbonyl (C=O) groups excluding carboxylic acids is 4. The highest BCUT2D eigenvalue weighted by molar-refractivity contribution is 6.31. The van der Waals surface area contributed by atoms with Crippen molar-refractivity contribution < 1.29 is 28.7 Å². The molecule has 1 saturated heterocycles. The number of methoxy groups -OCH3 is 1. The van der Waals surface area contributed by atoms with Crippen LogP contribution in [0.1, 0.15) is 23.2 Å². The number of halogens is 1. The van der Waals surface area contributed by atoms with Crippen LogP contribution < -0.4 is 15.0 Å². The molecule has 0 unspecified atom stereocenters. The molecule has 3 amide bonds. The Bertz CT molecular complexity index is 1120. The molecule has 0 radical (unpaired) electrons. The van der Waals surface area contributed by atoms with Gasteiger partial charge in [-0.2, -0.15) is 0 Å². The van der Waals surface area contributed by atoms with Crippen molar-refractivity contribution in [2.75, 3.05) is 23.9 Å². The van der Waals surface area contributed by atoms with Crippen LogP contribution in [0.25, 0.3) is 0 Å². The summed E-state index contributed by atoms with van der Waals surface area (Å²) in [5.74, 6) is -1.98. The van der Waals surface area contributed by atoms with Crippen molar-refractivity contribution in [2.24, 2.45) is 11.8 Å². The third-order valence-electron chi connectivity index (χ3n) is 5.64. The maximum Gasteiger partial charge on any atom is 0.338 e. The molecule has 9 heteroatoms. The third-order valence-corrected chi connectivity index (χ3v) is 5.87. The highest BCUT2D eigenvalue weighted by Gasteiger charge is 2.47. The summed E-state index contributed by atoms with van der Waals surface area (Å²) in [5.41, 5.74) is 0.943. The number of allylic oxidation sites excluding steroid dienone is 2. The molecule has 1 aliphatic heterocycles. The van der Waals surface area contributed by atoms with Crippen molar-refractivity contribution in [3.8, 4) is 5.75 Å². The topological polar surface area (TPSA) is 102 Å². The predicted octanol–water partition coefficient (Wildman–Crippen LogP) is 3.60. The first-order valence-corrected chi connectivity index (χ1v) is 10.7. The zero-order valence-corrected chi connectivity index (χ0v) is 18.5. The largest absolute Gasteiger partial charge is 0.495 e. The van der Waals surface area contributed by atoms with Crippen molar-refractivity contribution in [3.05, 3.63) is 65.2 Å². The number of nitrogens with one attached hydrogen (secondary N) is 1. The van der Waals surface area contributed by atoms with Gasteiger partial charge in [0.1, 0.15) is 5.75 Å². The van der Waals surface area contributed by atoms with Crippen LogP contribution in [0.3, 0.4) is 0 Å². The summed E-state index contributed by atoms with van der Waals surface area (Å²) in [6, 6.07) is 10.7. The lowest BCUT2D eigenvalue weighted by atomic mass is 9.85. The first kappa shape index (κ1) is 22.5. The van der Waals surface area contributed by atoms with Gasteiger partial charge in [-0.1, -0.05) is 23.8 Å². The van der Waals surface area contributed by atoms with E-state index in [1.54, 1.807) is 12.1 Å². The van der Waals surface area contributed by atoms with Gasteiger partial charge in [-0.3, -0.25) is 19.3 Å². The number of anilines is 2. The minimum atomic E-state index is -0.716. The Balaban J connectivity index is 1.36. The number of esters is 1. The molecule has 170 valence electrons. The average Bonchev–Trinajstić information content (AvgIpc) is 3.08. The van der Waals surface area contributed by atoms with E-state index in [1.807, 2.05) is 12.2 Å². The average molecular weight is 469 g/mol. The summed E-state index contributed by atoms with van der Waals surface area (Å²) >= 11 is 5.94. The molecule has 2 atom stereocenters. The van der Waals surface area contributed by atoms with Crippen molar-refractivity contribution >= 4 is 46.7 Å². The molecule has 0 spiro atoms. The zero-order chi connectivity index (χ0) is 23.5. The lowest BCUT2D eigenvalue weighted by molar-refractivity contribution is -0.122. The number of nitrogens with zero attached hydrogens (tertiary/aromatic N) is 1. The Kier molecular flexibility index (Phi) is 6.46. The van der Waals surface area contributed by atoms with Crippen molar-refractivity contribution in [3.63, 3.8) is 0 Å². The number of hydrogen-bond acceptors (Lipinski definition) is 6. The summed E-state index contributed by atoms with van der Waals surface area (Å²) in [5, 5.41) is 2.99. The zero-order valence-electron chi connectivity index (χ0n) is 17.7. The summed E-state index contributed by atoms with van der Waals surface area (Å²) in [6.45, 7) is -0.518. The van der Waals surface area contributed by atoms with Crippen LogP contribution in [-0.2, 0) is 19.1 Å². The first-order chi connectivity index (χ1) is 15.9. The number of rotatable bonds is 6. The van der Waals surface area contributed by atoms with Crippen LogP contribution in [0.2, 0.25) is 5.02 Å². The van der Waals surface area contributed by atoms with Crippen LogP contribution in [0.4, 0.5) is 11.4 Å². The van der Waals surface area contributed by atoms with Gasteiger partial charge >= 0.3 is 5.97 Å². The van der Waals surface area contributed by atoms with E-state index < -0.39 is 18.5 Å². The fraction of sp³-hybridized carbons (Fsp3) is 0.250. The number of ether oxygens (including phenoxy) is 2. The molecule has 2 aromatic rings. The normalized spacial score (nSPS) is 19.3. The maximum atomic E-state index is 12.7. The summed E-state index contributed by atoms with van der Waals surface area (Å²) in [6.07, 6.45) is 4.96. The van der Waals surface area contributed by atoms with E-state index >= 15 is 0 Å². The highest BCUT2D eigenvalue weighted by Crippen LogP contribution is 2.37. The van der Waals surface area contributed by atoms with Crippen LogP contribution in [0.5, 0.6) is 5.75 Å². The second-order valence-electron chi connectivity index (χ2n) is 7.68. The molecule has 2 aromatic carbocycles. The molecular formula is C24H21ClN2O6. The number of fused-ring (bicyclic) bond motifs is 1. The molecule has 33 heavy (non-hydrogen) atoms. The van der Waals surface area contributed by atoms with E-state index in [2.05, 4.69) is 5.32 Å². The summed E-state index contributed by atoms with van der Waals surface area (Å²) in [7, 11) is 1.46. The van der Waals surface area contributed by atoms with E-state index in [-0.39, 0.29) is 29.2 Å². The standard InChI is InChI=1S/C24H21ClN2O6/c1-32-20-11-8-15(25)12-19(20)26-21(28)13-33-24(31)14-6-9-16(10-7-14)27-22(29)17-4-2-3-5-18(17)23(27)30/h2-3,6-12,17-18H,4-5,13H2,1H3,(H,26,28)/t17-,18-/m1/s1. The second-order valence-corrected chi connectivity index (χ2v) is 8.12. The molecule has 1 N–H and O–H groups in total. The number of carbonyl (C=O) groups is 4. The molecule has 0 aromatic heterocycles. The SMILES string of the molecule is COc1ccc(Cl)cc1NC(=O)COC(=O)c1ccc(N2C(=O)[C@@H]3CC=CC[C@H]3C2=O)cc1. The van der Waals surface area contributed by atoms with Crippen molar-refractivity contribution in [1.29, 1.82) is 0 Å². The first-order valence-electron chi connectivity index (χ1n) is 10.3. The Morgan fingerprint density at radius 3 is 2.27 bits per heavy atom. The smallest absolute Gasteiger partial charge is 0.338 e. The van der Waals surface area contributed by atoms with Crippen molar-refractivity contribution in [2.45, 2.75) is 12.8 Å². The van der Waals surface area contributed by atoms with Gasteiger partial charge in [-0.05, 0) is 55.3 Å². The van der Waals surface area contributed by atoms with Crippen LogP contribution in [0, 0.1) is 11.8 Å². The van der Waals surface area contributed by atoms with E-state index in [4.69, 9.17) is 21.1 Å². The Labute approximate surface area is 195 Å². The number of imide groups is 1. The lowest BCUT2D eigenvalue weighted by Crippen LogP contribution is -2.30. The van der Waals surface area contributed by atoms with Gasteiger partial charge in [0.15, 0.2) is 6.61 Å². The maximum absolute atomic E-state index is 12.7. The van der Waals surface area contributed by atoms with Gasteiger partial charge < -0.3 is 14.8 Å². The van der Waals surface area contributed by atoms with Gasteiger partial charge in [0.2, 0.25) is 11.8 Å². The monoisotopic (exact) mass is 468 g/mol. The van der Waals surface area contributed by atoms with Crippen molar-refractivity contribution in [1.82, 2.24) is 0 Å². The van der Waals surface area contributed by atoms with Gasteiger partial charge in [0.05, 0.1) is 35.9 Å². The Hall–Kier alpha value is -3.65. The molecule has 1 heterocycles. The van der Waals surface area contributed by atoms with Gasteiger partial charge in [0, 0.05) is 5.02 Å². The quantitative estimate of drug-likeness (QED) is 0.395. The minimum absolute atomic E-state index is 0.185. The van der Waals surface area contributed by atoms with Gasteiger partial charge in [-0.15, -0.1) is 0 Å². The van der Waals surface area contributed by atoms with E-state index in [0.717, 1.165) is 0 Å². The van der Waals surface area contributed by atoms with E-state index in [9.17, 15) is 19.2 Å². The number of benzene rings is 2. The van der Waals surface area contributed by atoms with Crippen LogP contribution >= 0.6 is 11.6 Å². The lowest BCUT2D eigenvalue weighted by Gasteiger charge is -2.15. The Morgan fingerprint density at radius 2 is 1.67 bits per heavy atom. The fourth-order valence-electron chi connectivity index (χ4n) is 3.98. The highest BCUT2D eigenvalue weighted by atomic mass is 35.5. The molecule has 2 aliphatic rings. The number of hydrogen-bond donors (Lipinski definition) is 1. The van der Waals surface area contributed by atoms with E-state index in [1.165, 1.54) is 42.3 Å². The molecule has 4 rings (SSSR count). The van der Waals surface area contributed by atoms with Gasteiger partial charge in [0.25, 0.3) is 5.91 Å². The molecule has 1 fully saturated rings. The molecule has 8 nitrogen and oxygen atoms in total. The molecule has 0 bridgehead atoms. The molecular weight excluding hydrogens is 448 g/mol. The third kappa shape index (κ3) is 4.61. The predicted molar refractivity (Wildman–Crippen MR) is 121 cm³/mol. The molecule has 0 saturated carbocycles. The second kappa shape index (κ2) is 9.46. The van der Waals surface area contributed by atoms with E-state index in [0.29, 0.717) is 35.0 Å². The molecule has 1 aliphatic carbocycles. The Morgan fingerprint density at radius 1 is 1.03 bits per heavy atom. The minimum Gasteiger partial charge on any atom is -0.495 e. The number of amides is 3.